The normalized spacial score (nSPS) is 10.7. The molecule has 27 heavy (non-hydrogen) atoms. The summed E-state index contributed by atoms with van der Waals surface area (Å²) in [6.45, 7) is 5.97. The monoisotopic (exact) mass is 373 g/mol. The molecule has 0 fully saturated rings. The Balaban J connectivity index is 2.57. The van der Waals surface area contributed by atoms with Gasteiger partial charge in [0.1, 0.15) is 5.69 Å². The number of nitro groups is 1. The van der Waals surface area contributed by atoms with E-state index in [9.17, 15) is 19.7 Å². The van der Waals surface area contributed by atoms with Gasteiger partial charge in [-0.3, -0.25) is 19.9 Å². The van der Waals surface area contributed by atoms with E-state index in [2.05, 4.69) is 11.6 Å². The SMILES string of the molecule is C=CCc1cc(C=Cc2[nH]c(=O)[nH]c(=O)c2[N+](=O)[O-])cc(OCC)c1OC. The van der Waals surface area contributed by atoms with Crippen LogP contribution in [-0.4, -0.2) is 28.6 Å². The van der Waals surface area contributed by atoms with Gasteiger partial charge >= 0.3 is 16.9 Å². The van der Waals surface area contributed by atoms with E-state index >= 15 is 0 Å². The largest absolute Gasteiger partial charge is 0.493 e. The van der Waals surface area contributed by atoms with E-state index in [4.69, 9.17) is 9.47 Å². The summed E-state index contributed by atoms with van der Waals surface area (Å²) in [5, 5.41) is 11.1. The molecule has 2 N–H and O–H groups in total. The number of benzene rings is 1. The van der Waals surface area contributed by atoms with Crippen molar-refractivity contribution < 1.29 is 14.4 Å². The first kappa shape index (κ1) is 19.7. The lowest BCUT2D eigenvalue weighted by Crippen LogP contribution is -2.25. The average molecular weight is 373 g/mol. The van der Waals surface area contributed by atoms with Gasteiger partial charge in [0.05, 0.1) is 18.6 Å². The van der Waals surface area contributed by atoms with Crippen molar-refractivity contribution in [2.45, 2.75) is 13.3 Å². The predicted octanol–water partition coefficient (Wildman–Crippen LogP) is 2.28. The molecule has 1 heterocycles. The summed E-state index contributed by atoms with van der Waals surface area (Å²) in [5.41, 5.74) is -1.38. The minimum Gasteiger partial charge on any atom is -0.493 e. The Labute approximate surface area is 154 Å². The lowest BCUT2D eigenvalue weighted by molar-refractivity contribution is -0.386. The number of ether oxygens (including phenoxy) is 2. The van der Waals surface area contributed by atoms with Crippen molar-refractivity contribution in [3.63, 3.8) is 0 Å². The number of methoxy groups -OCH3 is 1. The molecule has 0 aliphatic rings. The highest BCUT2D eigenvalue weighted by molar-refractivity contribution is 5.73. The zero-order valence-corrected chi connectivity index (χ0v) is 14.9. The van der Waals surface area contributed by atoms with Gasteiger partial charge in [-0.15, -0.1) is 6.58 Å². The molecule has 2 rings (SSSR count). The molecule has 0 aliphatic heterocycles. The number of hydrogen-bond donors (Lipinski definition) is 2. The number of H-pyrrole nitrogens is 2. The second kappa shape index (κ2) is 8.65. The summed E-state index contributed by atoms with van der Waals surface area (Å²) in [6, 6.07) is 3.50. The Morgan fingerprint density at radius 3 is 2.59 bits per heavy atom. The molecule has 142 valence electrons. The van der Waals surface area contributed by atoms with Gasteiger partial charge in [-0.05, 0) is 37.1 Å². The standard InChI is InChI=1S/C18H19N3O6/c1-4-6-12-9-11(10-14(27-5-2)16(12)26-3)7-8-13-15(21(24)25)17(22)20-18(23)19-13/h4,7-10H,1,5-6H2,2-3H3,(H2,19,20,22,23). The number of hydrogen-bond acceptors (Lipinski definition) is 6. The maximum absolute atomic E-state index is 11.7. The summed E-state index contributed by atoms with van der Waals surface area (Å²) in [6.07, 6.45) is 5.06. The first-order chi connectivity index (χ1) is 12.9. The third kappa shape index (κ3) is 4.51. The van der Waals surface area contributed by atoms with Crippen molar-refractivity contribution in [3.8, 4) is 11.5 Å². The molecule has 9 heteroatoms. The van der Waals surface area contributed by atoms with Crippen LogP contribution in [0.2, 0.25) is 0 Å². The molecule has 0 spiro atoms. The van der Waals surface area contributed by atoms with Gasteiger partial charge in [0.15, 0.2) is 11.5 Å². The van der Waals surface area contributed by atoms with E-state index in [-0.39, 0.29) is 5.69 Å². The summed E-state index contributed by atoms with van der Waals surface area (Å²) in [4.78, 5) is 37.5. The lowest BCUT2D eigenvalue weighted by atomic mass is 10.0. The summed E-state index contributed by atoms with van der Waals surface area (Å²) >= 11 is 0. The maximum Gasteiger partial charge on any atom is 0.357 e. The third-order valence-electron chi connectivity index (χ3n) is 3.59. The minimum absolute atomic E-state index is 0.201. The molecule has 9 nitrogen and oxygen atoms in total. The number of rotatable bonds is 8. The van der Waals surface area contributed by atoms with Crippen LogP contribution in [0.3, 0.4) is 0 Å². The highest BCUT2D eigenvalue weighted by Gasteiger charge is 2.19. The maximum atomic E-state index is 11.7. The first-order valence-corrected chi connectivity index (χ1v) is 8.04. The molecule has 1 aromatic heterocycles. The predicted molar refractivity (Wildman–Crippen MR) is 101 cm³/mol. The van der Waals surface area contributed by atoms with Gasteiger partial charge in [-0.25, -0.2) is 4.79 Å². The second-order valence-electron chi connectivity index (χ2n) is 5.40. The van der Waals surface area contributed by atoms with Crippen molar-refractivity contribution in [3.05, 3.63) is 72.6 Å². The van der Waals surface area contributed by atoms with Crippen molar-refractivity contribution in [2.24, 2.45) is 0 Å². The smallest absolute Gasteiger partial charge is 0.357 e. The molecule has 0 saturated carbocycles. The molecule has 0 amide bonds. The molecule has 0 radical (unpaired) electrons. The zero-order chi connectivity index (χ0) is 20.0. The molecule has 0 saturated heterocycles. The number of nitrogens with zero attached hydrogens (tertiary/aromatic N) is 1. The van der Waals surface area contributed by atoms with E-state index in [1.807, 2.05) is 11.9 Å². The fourth-order valence-corrected chi connectivity index (χ4v) is 2.56. The van der Waals surface area contributed by atoms with Crippen LogP contribution in [-0.2, 0) is 6.42 Å². The molecule has 2 aromatic rings. The van der Waals surface area contributed by atoms with Crippen LogP contribution in [0.4, 0.5) is 5.69 Å². The highest BCUT2D eigenvalue weighted by Crippen LogP contribution is 2.34. The third-order valence-corrected chi connectivity index (χ3v) is 3.59. The molecular weight excluding hydrogens is 354 g/mol. The minimum atomic E-state index is -1.07. The van der Waals surface area contributed by atoms with Crippen LogP contribution >= 0.6 is 0 Å². The number of nitrogens with one attached hydrogen (secondary N) is 2. The fraction of sp³-hybridized carbons (Fsp3) is 0.222. The van der Waals surface area contributed by atoms with Gasteiger partial charge < -0.3 is 14.5 Å². The van der Waals surface area contributed by atoms with E-state index in [0.29, 0.717) is 30.1 Å². The molecule has 0 atom stereocenters. The van der Waals surface area contributed by atoms with Crippen LogP contribution in [0, 0.1) is 10.1 Å². The fourth-order valence-electron chi connectivity index (χ4n) is 2.56. The van der Waals surface area contributed by atoms with Crippen molar-refractivity contribution in [1.29, 1.82) is 0 Å². The summed E-state index contributed by atoms with van der Waals surface area (Å²) in [7, 11) is 1.53. The van der Waals surface area contributed by atoms with Crippen LogP contribution < -0.4 is 20.7 Å². The van der Waals surface area contributed by atoms with Gasteiger partial charge in [-0.2, -0.15) is 0 Å². The summed E-state index contributed by atoms with van der Waals surface area (Å²) in [5.74, 6) is 1.08. The van der Waals surface area contributed by atoms with Crippen molar-refractivity contribution in [1.82, 2.24) is 9.97 Å². The summed E-state index contributed by atoms with van der Waals surface area (Å²) < 4.78 is 11.0. The Bertz CT molecular complexity index is 1000. The Hall–Kier alpha value is -3.62. The first-order valence-electron chi connectivity index (χ1n) is 8.04. The van der Waals surface area contributed by atoms with Gasteiger partial charge in [0.2, 0.25) is 0 Å². The van der Waals surface area contributed by atoms with Gasteiger partial charge in [-0.1, -0.05) is 12.2 Å². The van der Waals surface area contributed by atoms with Crippen molar-refractivity contribution >= 4 is 17.8 Å². The Morgan fingerprint density at radius 1 is 1.26 bits per heavy atom. The van der Waals surface area contributed by atoms with E-state index < -0.39 is 21.9 Å². The number of aromatic amines is 2. The Morgan fingerprint density at radius 2 is 2.00 bits per heavy atom. The molecule has 0 unspecified atom stereocenters. The second-order valence-corrected chi connectivity index (χ2v) is 5.40. The Kier molecular flexibility index (Phi) is 6.32. The van der Waals surface area contributed by atoms with Gasteiger partial charge in [0.25, 0.3) is 0 Å². The van der Waals surface area contributed by atoms with Crippen molar-refractivity contribution in [2.75, 3.05) is 13.7 Å². The van der Waals surface area contributed by atoms with Crippen LogP contribution in [0.5, 0.6) is 11.5 Å². The van der Waals surface area contributed by atoms with Gasteiger partial charge in [0, 0.05) is 5.56 Å². The topological polar surface area (TPSA) is 127 Å². The quantitative estimate of drug-likeness (QED) is 0.415. The van der Waals surface area contributed by atoms with E-state index in [0.717, 1.165) is 5.56 Å². The molecule has 0 aliphatic carbocycles. The zero-order valence-electron chi connectivity index (χ0n) is 14.9. The number of aromatic nitrogens is 2. The average Bonchev–Trinajstić information content (AvgIpc) is 2.59. The number of allylic oxidation sites excluding steroid dienone is 1. The van der Waals surface area contributed by atoms with Crippen LogP contribution in [0.1, 0.15) is 23.7 Å². The molecule has 0 bridgehead atoms. The molecule has 1 aromatic carbocycles. The van der Waals surface area contributed by atoms with Crippen LogP contribution in [0.15, 0.2) is 34.4 Å². The lowest BCUT2D eigenvalue weighted by Gasteiger charge is -2.14. The molecular formula is C18H19N3O6. The highest BCUT2D eigenvalue weighted by atomic mass is 16.6. The van der Waals surface area contributed by atoms with Crippen LogP contribution in [0.25, 0.3) is 12.2 Å². The van der Waals surface area contributed by atoms with E-state index in [1.165, 1.54) is 19.3 Å². The van der Waals surface area contributed by atoms with E-state index in [1.54, 1.807) is 18.2 Å².